The Morgan fingerprint density at radius 1 is 0.931 bits per heavy atom. The molecule has 2 rings (SSSR count). The number of hydrogen-bond acceptors (Lipinski definition) is 10. The minimum absolute atomic E-state index is 0.0892. The zero-order valence-electron chi connectivity index (χ0n) is 17.2. The third kappa shape index (κ3) is 6.22. The van der Waals surface area contributed by atoms with E-state index in [1.54, 1.807) is 0 Å². The van der Waals surface area contributed by atoms with E-state index in [0.717, 1.165) is 6.92 Å². The summed E-state index contributed by atoms with van der Waals surface area (Å²) in [6.45, 7) is 7.24. The number of hydrogen-bond donors (Lipinski definition) is 0. The molecule has 0 aromatic rings. The first-order valence-corrected chi connectivity index (χ1v) is 9.55. The lowest BCUT2D eigenvalue weighted by Gasteiger charge is -2.49. The predicted octanol–water partition coefficient (Wildman–Crippen LogP) is 0.678. The summed E-state index contributed by atoms with van der Waals surface area (Å²) in [6.07, 6.45) is -5.42. The van der Waals surface area contributed by atoms with Gasteiger partial charge in [-0.1, -0.05) is 0 Å². The molecular formula is C19H28O10. The fourth-order valence-corrected chi connectivity index (χ4v) is 3.57. The van der Waals surface area contributed by atoms with Crippen molar-refractivity contribution in [3.63, 3.8) is 0 Å². The van der Waals surface area contributed by atoms with E-state index < -0.39 is 60.8 Å². The molecule has 10 heteroatoms. The molecule has 0 amide bonds. The summed E-state index contributed by atoms with van der Waals surface area (Å²) >= 11 is 0. The summed E-state index contributed by atoms with van der Waals surface area (Å²) in [4.78, 5) is 46.4. The monoisotopic (exact) mass is 416 g/mol. The molecule has 0 aromatic heterocycles. The Labute approximate surface area is 169 Å². The molecule has 2 saturated heterocycles. The molecule has 0 saturated carbocycles. The van der Waals surface area contributed by atoms with Gasteiger partial charge in [-0.2, -0.15) is 0 Å². The largest absolute Gasteiger partial charge is 0.456 e. The second-order valence-corrected chi connectivity index (χ2v) is 7.29. The zero-order valence-corrected chi connectivity index (χ0v) is 17.2. The number of carbonyl (C=O) groups is 4. The van der Waals surface area contributed by atoms with Crippen LogP contribution in [0.3, 0.4) is 0 Å². The van der Waals surface area contributed by atoms with E-state index in [0.29, 0.717) is 19.1 Å². The Hall–Kier alpha value is -2.04. The molecule has 2 aliphatic rings. The molecule has 0 N–H and O–H groups in total. The third-order valence-corrected chi connectivity index (χ3v) is 4.45. The summed E-state index contributed by atoms with van der Waals surface area (Å²) in [5.74, 6) is -2.02. The Morgan fingerprint density at radius 3 is 2.07 bits per heavy atom. The van der Waals surface area contributed by atoms with Crippen LogP contribution in [0.5, 0.6) is 0 Å². The Bertz CT molecular complexity index is 618. The smallest absolute Gasteiger partial charge is 0.303 e. The lowest BCUT2D eigenvalue weighted by atomic mass is 9.88. The molecule has 0 bridgehead atoms. The van der Waals surface area contributed by atoms with E-state index in [9.17, 15) is 19.2 Å². The number of esters is 3. The lowest BCUT2D eigenvalue weighted by molar-refractivity contribution is -0.315. The number of rotatable bonds is 7. The van der Waals surface area contributed by atoms with Gasteiger partial charge in [0.1, 0.15) is 12.2 Å². The first-order chi connectivity index (χ1) is 13.6. The molecule has 0 radical (unpaired) electrons. The first-order valence-electron chi connectivity index (χ1n) is 9.55. The van der Waals surface area contributed by atoms with Crippen LogP contribution >= 0.6 is 0 Å². The van der Waals surface area contributed by atoms with Crippen molar-refractivity contribution in [3.05, 3.63) is 0 Å². The van der Waals surface area contributed by atoms with Crippen molar-refractivity contribution in [2.75, 3.05) is 0 Å². The van der Waals surface area contributed by atoms with Gasteiger partial charge in [0.15, 0.2) is 30.9 Å². The van der Waals surface area contributed by atoms with Gasteiger partial charge in [-0.3, -0.25) is 19.2 Å². The first kappa shape index (κ1) is 23.2. The van der Waals surface area contributed by atoms with Crippen LogP contribution in [-0.4, -0.2) is 73.2 Å². The Kier molecular flexibility index (Phi) is 8.12. The van der Waals surface area contributed by atoms with Crippen molar-refractivity contribution in [1.29, 1.82) is 0 Å². The molecule has 0 aromatic carbocycles. The van der Waals surface area contributed by atoms with E-state index in [2.05, 4.69) is 0 Å². The highest BCUT2D eigenvalue weighted by atomic mass is 16.7. The molecule has 2 heterocycles. The SMILES string of the molecule is CC(=O)O[C@@H]1[C@H](OC(C)=O)[C@H]([C@H](C=O)OC(C)=O)O[C@H]2CC[C@@H](OC(C)C)O[C@H]12. The Balaban J connectivity index is 2.36. The molecule has 2 aliphatic heterocycles. The van der Waals surface area contributed by atoms with Gasteiger partial charge in [0, 0.05) is 27.2 Å². The number of carbonyl (C=O) groups excluding carboxylic acids is 4. The van der Waals surface area contributed by atoms with Crippen molar-refractivity contribution >= 4 is 24.2 Å². The fourth-order valence-electron chi connectivity index (χ4n) is 3.57. The van der Waals surface area contributed by atoms with Crippen LogP contribution in [0.25, 0.3) is 0 Å². The van der Waals surface area contributed by atoms with Gasteiger partial charge in [-0.25, -0.2) is 0 Å². The maximum absolute atomic E-state index is 11.8. The van der Waals surface area contributed by atoms with Gasteiger partial charge < -0.3 is 28.4 Å². The highest BCUT2D eigenvalue weighted by Crippen LogP contribution is 2.36. The highest BCUT2D eigenvalue weighted by Gasteiger charge is 2.55. The van der Waals surface area contributed by atoms with Crippen molar-refractivity contribution in [1.82, 2.24) is 0 Å². The summed E-state index contributed by atoms with van der Waals surface area (Å²) in [7, 11) is 0. The van der Waals surface area contributed by atoms with Gasteiger partial charge in [-0.15, -0.1) is 0 Å². The second kappa shape index (κ2) is 10.1. The maximum atomic E-state index is 11.8. The average Bonchev–Trinajstić information content (AvgIpc) is 2.60. The van der Waals surface area contributed by atoms with Crippen molar-refractivity contribution in [3.8, 4) is 0 Å². The van der Waals surface area contributed by atoms with E-state index in [1.807, 2.05) is 13.8 Å². The minimum Gasteiger partial charge on any atom is -0.456 e. The van der Waals surface area contributed by atoms with Gasteiger partial charge in [-0.05, 0) is 20.3 Å². The van der Waals surface area contributed by atoms with Crippen LogP contribution in [0, 0.1) is 0 Å². The quantitative estimate of drug-likeness (QED) is 0.332. The predicted molar refractivity (Wildman–Crippen MR) is 95.5 cm³/mol. The third-order valence-electron chi connectivity index (χ3n) is 4.45. The summed E-state index contributed by atoms with van der Waals surface area (Å²) in [5.41, 5.74) is 0. The van der Waals surface area contributed by atoms with E-state index in [1.165, 1.54) is 13.8 Å². The van der Waals surface area contributed by atoms with Crippen LogP contribution in [-0.2, 0) is 47.6 Å². The van der Waals surface area contributed by atoms with Crippen molar-refractivity contribution in [2.24, 2.45) is 0 Å². The summed E-state index contributed by atoms with van der Waals surface area (Å²) in [5, 5.41) is 0. The lowest BCUT2D eigenvalue weighted by Crippen LogP contribution is -2.66. The topological polar surface area (TPSA) is 124 Å². The fraction of sp³-hybridized carbons (Fsp3) is 0.789. The van der Waals surface area contributed by atoms with Gasteiger partial charge in [0.2, 0.25) is 0 Å². The molecule has 0 spiro atoms. The normalized spacial score (nSPS) is 32.6. The minimum atomic E-state index is -1.35. The van der Waals surface area contributed by atoms with Crippen LogP contribution < -0.4 is 0 Å². The van der Waals surface area contributed by atoms with Crippen LogP contribution in [0.1, 0.15) is 47.5 Å². The molecule has 7 atom stereocenters. The number of aldehydes is 1. The molecule has 10 nitrogen and oxygen atoms in total. The highest BCUT2D eigenvalue weighted by molar-refractivity contribution is 5.71. The van der Waals surface area contributed by atoms with Crippen LogP contribution in [0.15, 0.2) is 0 Å². The molecule has 0 unspecified atom stereocenters. The van der Waals surface area contributed by atoms with E-state index >= 15 is 0 Å². The zero-order chi connectivity index (χ0) is 21.7. The van der Waals surface area contributed by atoms with Crippen molar-refractivity contribution in [2.45, 2.75) is 96.5 Å². The molecule has 29 heavy (non-hydrogen) atoms. The standard InChI is InChI=1S/C19H28O10/c1-9(2)24-15-7-6-13-16(29-15)18(26-11(4)22)19(27-12(5)23)17(28-13)14(8-20)25-10(3)21/h8-9,13-19H,6-7H2,1-5H3/t13-,14-,15-,16-,17-,18-,19+/m0/s1. The molecule has 164 valence electrons. The number of fused-ring (bicyclic) bond motifs is 1. The average molecular weight is 416 g/mol. The second-order valence-electron chi connectivity index (χ2n) is 7.29. The van der Waals surface area contributed by atoms with Gasteiger partial charge in [0.05, 0.1) is 12.2 Å². The molecule has 2 fully saturated rings. The van der Waals surface area contributed by atoms with Gasteiger partial charge >= 0.3 is 17.9 Å². The van der Waals surface area contributed by atoms with E-state index in [-0.39, 0.29) is 6.10 Å². The van der Waals surface area contributed by atoms with Crippen LogP contribution in [0.2, 0.25) is 0 Å². The Morgan fingerprint density at radius 2 is 1.55 bits per heavy atom. The van der Waals surface area contributed by atoms with Crippen molar-refractivity contribution < 1.29 is 47.6 Å². The van der Waals surface area contributed by atoms with E-state index in [4.69, 9.17) is 28.4 Å². The molecule has 0 aliphatic carbocycles. The number of ether oxygens (including phenoxy) is 6. The summed E-state index contributed by atoms with van der Waals surface area (Å²) < 4.78 is 33.4. The molecular weight excluding hydrogens is 388 g/mol. The summed E-state index contributed by atoms with van der Waals surface area (Å²) in [6, 6.07) is 0. The maximum Gasteiger partial charge on any atom is 0.303 e. The van der Waals surface area contributed by atoms with Crippen LogP contribution in [0.4, 0.5) is 0 Å². The van der Waals surface area contributed by atoms with Gasteiger partial charge in [0.25, 0.3) is 0 Å².